The molecule has 7 nitrogen and oxygen atoms in total. The van der Waals surface area contributed by atoms with E-state index in [1.807, 2.05) is 0 Å². The number of benzene rings is 2. The molecule has 1 aromatic heterocycles. The number of carbonyl (C=O) groups is 2. The van der Waals surface area contributed by atoms with Crippen LogP contribution < -0.4 is 10.3 Å². The molecule has 138 valence electrons. The first-order valence-corrected chi connectivity index (χ1v) is 8.35. The molecule has 3 aromatic rings. The lowest BCUT2D eigenvalue weighted by molar-refractivity contribution is -0.142. The van der Waals surface area contributed by atoms with Crippen LogP contribution >= 0.6 is 0 Å². The van der Waals surface area contributed by atoms with Crippen molar-refractivity contribution in [3.05, 3.63) is 70.8 Å². The van der Waals surface area contributed by atoms with Gasteiger partial charge in [-0.3, -0.25) is 19.0 Å². The Morgan fingerprint density at radius 3 is 2.74 bits per heavy atom. The van der Waals surface area contributed by atoms with Gasteiger partial charge in [-0.2, -0.15) is 0 Å². The fourth-order valence-electron chi connectivity index (χ4n) is 2.58. The van der Waals surface area contributed by atoms with E-state index < -0.39 is 5.97 Å². The van der Waals surface area contributed by atoms with Gasteiger partial charge >= 0.3 is 5.97 Å². The third kappa shape index (κ3) is 4.38. The SMILES string of the molecule is COc1cccc(C(=O)COC(=O)CCn2cnc3ccccc3c2=O)c1. The van der Waals surface area contributed by atoms with E-state index in [4.69, 9.17) is 9.47 Å². The van der Waals surface area contributed by atoms with Gasteiger partial charge in [0.1, 0.15) is 5.75 Å². The van der Waals surface area contributed by atoms with Crippen LogP contribution in [0.2, 0.25) is 0 Å². The van der Waals surface area contributed by atoms with Crippen LogP contribution in [0.5, 0.6) is 5.75 Å². The van der Waals surface area contributed by atoms with Crippen LogP contribution in [-0.4, -0.2) is 35.0 Å². The number of para-hydroxylation sites is 1. The number of carbonyl (C=O) groups excluding carboxylic acids is 2. The van der Waals surface area contributed by atoms with Crippen molar-refractivity contribution in [1.29, 1.82) is 0 Å². The number of ether oxygens (including phenoxy) is 2. The highest BCUT2D eigenvalue weighted by atomic mass is 16.5. The van der Waals surface area contributed by atoms with Crippen molar-refractivity contribution >= 4 is 22.7 Å². The first kappa shape index (κ1) is 18.3. The zero-order chi connectivity index (χ0) is 19.2. The second kappa shape index (κ2) is 8.27. The number of nitrogens with zero attached hydrogens (tertiary/aromatic N) is 2. The number of hydrogen-bond acceptors (Lipinski definition) is 6. The van der Waals surface area contributed by atoms with Crippen molar-refractivity contribution in [3.63, 3.8) is 0 Å². The second-order valence-corrected chi connectivity index (χ2v) is 5.83. The van der Waals surface area contributed by atoms with E-state index in [9.17, 15) is 14.4 Å². The minimum atomic E-state index is -0.564. The van der Waals surface area contributed by atoms with Gasteiger partial charge in [-0.25, -0.2) is 4.98 Å². The molecule has 0 aliphatic heterocycles. The van der Waals surface area contributed by atoms with Crippen molar-refractivity contribution in [3.8, 4) is 5.75 Å². The molecule has 0 N–H and O–H groups in total. The Kier molecular flexibility index (Phi) is 5.61. The fraction of sp³-hybridized carbons (Fsp3) is 0.200. The Morgan fingerprint density at radius 2 is 1.93 bits per heavy atom. The predicted molar refractivity (Wildman–Crippen MR) is 98.9 cm³/mol. The van der Waals surface area contributed by atoms with E-state index in [0.717, 1.165) is 0 Å². The summed E-state index contributed by atoms with van der Waals surface area (Å²) < 4.78 is 11.4. The molecule has 2 aromatic carbocycles. The summed E-state index contributed by atoms with van der Waals surface area (Å²) in [5.74, 6) is -0.339. The van der Waals surface area contributed by atoms with E-state index in [0.29, 0.717) is 22.2 Å². The maximum Gasteiger partial charge on any atom is 0.308 e. The van der Waals surface area contributed by atoms with Gasteiger partial charge < -0.3 is 9.47 Å². The fourth-order valence-corrected chi connectivity index (χ4v) is 2.58. The molecule has 3 rings (SSSR count). The van der Waals surface area contributed by atoms with Gasteiger partial charge in [-0.15, -0.1) is 0 Å². The van der Waals surface area contributed by atoms with E-state index in [1.165, 1.54) is 18.0 Å². The average molecular weight is 366 g/mol. The third-order valence-corrected chi connectivity index (χ3v) is 4.04. The third-order valence-electron chi connectivity index (χ3n) is 4.04. The highest BCUT2D eigenvalue weighted by Crippen LogP contribution is 2.13. The minimum absolute atomic E-state index is 0.0364. The predicted octanol–water partition coefficient (Wildman–Crippen LogP) is 2.22. The minimum Gasteiger partial charge on any atom is -0.497 e. The largest absolute Gasteiger partial charge is 0.497 e. The van der Waals surface area contributed by atoms with Gasteiger partial charge in [-0.05, 0) is 24.3 Å². The maximum atomic E-state index is 12.4. The number of ketones is 1. The molecule has 0 aliphatic carbocycles. The van der Waals surface area contributed by atoms with Crippen LogP contribution in [0, 0.1) is 0 Å². The molecule has 1 heterocycles. The molecular weight excluding hydrogens is 348 g/mol. The van der Waals surface area contributed by atoms with Gasteiger partial charge in [0.2, 0.25) is 0 Å². The number of rotatable bonds is 7. The quantitative estimate of drug-likeness (QED) is 0.471. The summed E-state index contributed by atoms with van der Waals surface area (Å²) in [5.41, 5.74) is 0.781. The summed E-state index contributed by atoms with van der Waals surface area (Å²) >= 11 is 0. The number of Topliss-reactive ketones (excluding diaryl/α,β-unsaturated/α-hetero) is 1. The van der Waals surface area contributed by atoms with E-state index in [-0.39, 0.29) is 30.9 Å². The van der Waals surface area contributed by atoms with E-state index in [1.54, 1.807) is 48.5 Å². The van der Waals surface area contributed by atoms with Crippen LogP contribution in [0.1, 0.15) is 16.8 Å². The van der Waals surface area contributed by atoms with Crippen LogP contribution in [0.4, 0.5) is 0 Å². The molecule has 0 saturated carbocycles. The monoisotopic (exact) mass is 366 g/mol. The molecule has 0 amide bonds. The Balaban J connectivity index is 1.56. The lowest BCUT2D eigenvalue weighted by Crippen LogP contribution is -2.23. The highest BCUT2D eigenvalue weighted by Gasteiger charge is 2.12. The molecular formula is C20H18N2O5. The van der Waals surface area contributed by atoms with Gasteiger partial charge in [0.05, 0.1) is 30.8 Å². The summed E-state index contributed by atoms with van der Waals surface area (Å²) in [6.07, 6.45) is 1.37. The molecule has 7 heteroatoms. The van der Waals surface area contributed by atoms with Crippen molar-refractivity contribution in [2.45, 2.75) is 13.0 Å². The smallest absolute Gasteiger partial charge is 0.308 e. The van der Waals surface area contributed by atoms with Crippen molar-refractivity contribution < 1.29 is 19.1 Å². The Hall–Kier alpha value is -3.48. The van der Waals surface area contributed by atoms with E-state index >= 15 is 0 Å². The van der Waals surface area contributed by atoms with Crippen LogP contribution in [-0.2, 0) is 16.1 Å². The summed E-state index contributed by atoms with van der Waals surface area (Å²) in [7, 11) is 1.51. The van der Waals surface area contributed by atoms with Gasteiger partial charge in [-0.1, -0.05) is 24.3 Å². The molecule has 27 heavy (non-hydrogen) atoms. The molecule has 0 atom stereocenters. The van der Waals surface area contributed by atoms with Gasteiger partial charge in [0, 0.05) is 12.1 Å². The van der Waals surface area contributed by atoms with Crippen LogP contribution in [0.3, 0.4) is 0 Å². The first-order chi connectivity index (χ1) is 13.1. The number of aromatic nitrogens is 2. The molecule has 0 spiro atoms. The number of fused-ring (bicyclic) bond motifs is 1. The normalized spacial score (nSPS) is 10.6. The number of aryl methyl sites for hydroxylation is 1. The molecule has 0 unspecified atom stereocenters. The Morgan fingerprint density at radius 1 is 1.11 bits per heavy atom. The number of esters is 1. The molecule has 0 radical (unpaired) electrons. The molecule has 0 bridgehead atoms. The van der Waals surface area contributed by atoms with Crippen LogP contribution in [0.15, 0.2) is 59.7 Å². The molecule has 0 saturated heterocycles. The van der Waals surface area contributed by atoms with Gasteiger partial charge in [0.25, 0.3) is 5.56 Å². The topological polar surface area (TPSA) is 87.5 Å². The second-order valence-electron chi connectivity index (χ2n) is 5.83. The van der Waals surface area contributed by atoms with Crippen molar-refractivity contribution in [2.75, 3.05) is 13.7 Å². The summed E-state index contributed by atoms with van der Waals surface area (Å²) in [5, 5.41) is 0.488. The highest BCUT2D eigenvalue weighted by molar-refractivity contribution is 5.98. The van der Waals surface area contributed by atoms with Crippen molar-refractivity contribution in [2.24, 2.45) is 0 Å². The van der Waals surface area contributed by atoms with Crippen molar-refractivity contribution in [1.82, 2.24) is 9.55 Å². The first-order valence-electron chi connectivity index (χ1n) is 8.35. The summed E-state index contributed by atoms with van der Waals surface area (Å²) in [4.78, 5) is 40.6. The summed E-state index contributed by atoms with van der Waals surface area (Å²) in [6.45, 7) is -0.236. The number of methoxy groups -OCH3 is 1. The zero-order valence-electron chi connectivity index (χ0n) is 14.8. The lowest BCUT2D eigenvalue weighted by Gasteiger charge is -2.07. The zero-order valence-corrected chi connectivity index (χ0v) is 14.8. The average Bonchev–Trinajstić information content (AvgIpc) is 2.71. The molecule has 0 fully saturated rings. The molecule has 0 aliphatic rings. The van der Waals surface area contributed by atoms with Crippen LogP contribution in [0.25, 0.3) is 10.9 Å². The maximum absolute atomic E-state index is 12.4. The lowest BCUT2D eigenvalue weighted by atomic mass is 10.1. The summed E-state index contributed by atoms with van der Waals surface area (Å²) in [6, 6.07) is 13.6. The van der Waals surface area contributed by atoms with Gasteiger partial charge in [0.15, 0.2) is 12.4 Å². The Bertz CT molecular complexity index is 1040. The van der Waals surface area contributed by atoms with E-state index in [2.05, 4.69) is 4.98 Å². The Labute approximate surface area is 155 Å². The standard InChI is InChI=1S/C20H18N2O5/c1-26-15-6-4-5-14(11-15)18(23)12-27-19(24)9-10-22-13-21-17-8-3-2-7-16(17)20(22)25/h2-8,11,13H,9-10,12H2,1H3. The number of hydrogen-bond donors (Lipinski definition) is 0.